The molecule has 92 valence electrons. The van der Waals surface area contributed by atoms with Crippen molar-refractivity contribution in [3.05, 3.63) is 23.8 Å². The lowest BCUT2D eigenvalue weighted by atomic mass is 9.92. The van der Waals surface area contributed by atoms with Gasteiger partial charge in [0.05, 0.1) is 11.9 Å². The highest BCUT2D eigenvalue weighted by Crippen LogP contribution is 2.36. The quantitative estimate of drug-likeness (QED) is 0.851. The van der Waals surface area contributed by atoms with Gasteiger partial charge in [0.25, 0.3) is 5.91 Å². The first-order valence-corrected chi connectivity index (χ1v) is 6.06. The Kier molecular flexibility index (Phi) is 3.13. The van der Waals surface area contributed by atoms with Gasteiger partial charge < -0.3 is 5.32 Å². The van der Waals surface area contributed by atoms with Crippen molar-refractivity contribution in [3.63, 3.8) is 0 Å². The molecule has 4 nitrogen and oxygen atoms in total. The molecular weight excluding hydrogens is 214 g/mol. The van der Waals surface area contributed by atoms with Gasteiger partial charge in [0, 0.05) is 12.2 Å². The molecule has 0 aliphatic heterocycles. The molecule has 1 saturated carbocycles. The van der Waals surface area contributed by atoms with Gasteiger partial charge in [0.2, 0.25) is 0 Å². The molecule has 0 aromatic carbocycles. The normalized spacial score (nSPS) is 22.4. The van der Waals surface area contributed by atoms with E-state index in [0.29, 0.717) is 11.1 Å². The van der Waals surface area contributed by atoms with E-state index >= 15 is 0 Å². The van der Waals surface area contributed by atoms with Gasteiger partial charge in [-0.1, -0.05) is 13.8 Å². The third kappa shape index (κ3) is 3.02. The molecule has 4 heteroatoms. The zero-order chi connectivity index (χ0) is 12.5. The molecule has 1 aliphatic carbocycles. The molecule has 0 bridgehead atoms. The van der Waals surface area contributed by atoms with Crippen molar-refractivity contribution in [1.82, 2.24) is 15.3 Å². The molecule has 17 heavy (non-hydrogen) atoms. The largest absolute Gasteiger partial charge is 0.348 e. The van der Waals surface area contributed by atoms with Crippen LogP contribution in [0.25, 0.3) is 0 Å². The summed E-state index contributed by atoms with van der Waals surface area (Å²) < 4.78 is 0. The molecule has 0 radical (unpaired) electrons. The number of hydrogen-bond acceptors (Lipinski definition) is 3. The molecule has 1 aliphatic rings. The summed E-state index contributed by atoms with van der Waals surface area (Å²) in [5, 5.41) is 3.03. The molecule has 1 amide bonds. The van der Waals surface area contributed by atoms with Crippen LogP contribution >= 0.6 is 0 Å². The van der Waals surface area contributed by atoms with Crippen molar-refractivity contribution in [2.75, 3.05) is 0 Å². The Morgan fingerprint density at radius 3 is 2.71 bits per heavy atom. The van der Waals surface area contributed by atoms with Crippen LogP contribution < -0.4 is 5.32 Å². The number of nitrogens with one attached hydrogen (secondary N) is 1. The fraction of sp³-hybridized carbons (Fsp3) is 0.615. The van der Waals surface area contributed by atoms with Crippen LogP contribution in [0.3, 0.4) is 0 Å². The first-order valence-electron chi connectivity index (χ1n) is 6.06. The average Bonchev–Trinajstić information content (AvgIpc) is 2.59. The maximum absolute atomic E-state index is 11.9. The second-order valence-corrected chi connectivity index (χ2v) is 5.62. The second kappa shape index (κ2) is 4.43. The van der Waals surface area contributed by atoms with Crippen molar-refractivity contribution in [2.24, 2.45) is 5.41 Å². The Labute approximate surface area is 102 Å². The second-order valence-electron chi connectivity index (χ2n) is 5.62. The monoisotopic (exact) mass is 233 g/mol. The van der Waals surface area contributed by atoms with Gasteiger partial charge >= 0.3 is 0 Å². The molecule has 1 fully saturated rings. The van der Waals surface area contributed by atoms with Gasteiger partial charge in [-0.05, 0) is 31.6 Å². The highest BCUT2D eigenvalue weighted by Gasteiger charge is 2.31. The lowest BCUT2D eigenvalue weighted by Gasteiger charge is -2.17. The third-order valence-corrected chi connectivity index (χ3v) is 3.32. The fourth-order valence-electron chi connectivity index (χ4n) is 2.33. The number of nitrogens with zero attached hydrogens (tertiary/aromatic N) is 2. The van der Waals surface area contributed by atoms with Crippen LogP contribution in [-0.4, -0.2) is 21.9 Å². The van der Waals surface area contributed by atoms with E-state index in [1.165, 1.54) is 6.20 Å². The van der Waals surface area contributed by atoms with E-state index in [1.54, 1.807) is 6.20 Å². The van der Waals surface area contributed by atoms with E-state index in [-0.39, 0.29) is 11.9 Å². The predicted molar refractivity (Wildman–Crippen MR) is 65.7 cm³/mol. The first-order chi connectivity index (χ1) is 7.96. The van der Waals surface area contributed by atoms with Crippen molar-refractivity contribution in [3.8, 4) is 0 Å². The number of hydrogen-bond donors (Lipinski definition) is 1. The van der Waals surface area contributed by atoms with Crippen LogP contribution in [0.1, 0.15) is 49.3 Å². The van der Waals surface area contributed by atoms with E-state index in [0.717, 1.165) is 25.0 Å². The highest BCUT2D eigenvalue weighted by molar-refractivity contribution is 5.92. The highest BCUT2D eigenvalue weighted by atomic mass is 16.1. The number of aryl methyl sites for hydroxylation is 1. The van der Waals surface area contributed by atoms with Crippen molar-refractivity contribution < 1.29 is 4.79 Å². The van der Waals surface area contributed by atoms with Gasteiger partial charge in [-0.15, -0.1) is 0 Å². The smallest absolute Gasteiger partial charge is 0.271 e. The van der Waals surface area contributed by atoms with Gasteiger partial charge in [0.1, 0.15) is 5.69 Å². The molecule has 1 heterocycles. The van der Waals surface area contributed by atoms with E-state index in [9.17, 15) is 4.79 Å². The van der Waals surface area contributed by atoms with Gasteiger partial charge in [0.15, 0.2) is 0 Å². The molecular formula is C13H19N3O. The third-order valence-electron chi connectivity index (χ3n) is 3.32. The van der Waals surface area contributed by atoms with E-state index in [1.807, 2.05) is 6.92 Å². The Bertz CT molecular complexity index is 411. The zero-order valence-corrected chi connectivity index (χ0v) is 10.7. The molecule has 1 atom stereocenters. The number of carbonyl (C=O) groups excluding carboxylic acids is 1. The molecule has 1 unspecified atom stereocenters. The SMILES string of the molecule is Cc1cnc(C(=O)NC2CCC(C)(C)C2)cn1. The number of carbonyl (C=O) groups is 1. The van der Waals surface area contributed by atoms with Crippen LogP contribution in [0, 0.1) is 12.3 Å². The van der Waals surface area contributed by atoms with Crippen LogP contribution in [0.15, 0.2) is 12.4 Å². The molecule has 2 rings (SSSR count). The van der Waals surface area contributed by atoms with Crippen LogP contribution in [0.4, 0.5) is 0 Å². The summed E-state index contributed by atoms with van der Waals surface area (Å²) in [6.07, 6.45) is 6.41. The zero-order valence-electron chi connectivity index (χ0n) is 10.7. The Morgan fingerprint density at radius 2 is 2.18 bits per heavy atom. The van der Waals surface area contributed by atoms with Gasteiger partial charge in [-0.25, -0.2) is 4.98 Å². The summed E-state index contributed by atoms with van der Waals surface area (Å²) in [4.78, 5) is 20.1. The van der Waals surface area contributed by atoms with E-state index < -0.39 is 0 Å². The molecule has 1 N–H and O–H groups in total. The fourth-order valence-corrected chi connectivity index (χ4v) is 2.33. The predicted octanol–water partition coefficient (Wildman–Crippen LogP) is 2.09. The minimum Gasteiger partial charge on any atom is -0.348 e. The summed E-state index contributed by atoms with van der Waals surface area (Å²) in [5.41, 5.74) is 1.57. The molecule has 1 aromatic rings. The summed E-state index contributed by atoms with van der Waals surface area (Å²) in [7, 11) is 0. The summed E-state index contributed by atoms with van der Waals surface area (Å²) in [6.45, 7) is 6.34. The van der Waals surface area contributed by atoms with Gasteiger partial charge in [-0.3, -0.25) is 9.78 Å². The van der Waals surface area contributed by atoms with Crippen LogP contribution in [0.2, 0.25) is 0 Å². The molecule has 0 saturated heterocycles. The van der Waals surface area contributed by atoms with E-state index in [2.05, 4.69) is 29.1 Å². The van der Waals surface area contributed by atoms with Crippen molar-refractivity contribution in [1.29, 1.82) is 0 Å². The maximum Gasteiger partial charge on any atom is 0.271 e. The Balaban J connectivity index is 1.96. The Hall–Kier alpha value is -1.45. The number of aromatic nitrogens is 2. The van der Waals surface area contributed by atoms with Crippen LogP contribution in [0.5, 0.6) is 0 Å². The van der Waals surface area contributed by atoms with Crippen molar-refractivity contribution >= 4 is 5.91 Å². The topological polar surface area (TPSA) is 54.9 Å². The Morgan fingerprint density at radius 1 is 1.41 bits per heavy atom. The van der Waals surface area contributed by atoms with Gasteiger partial charge in [-0.2, -0.15) is 0 Å². The van der Waals surface area contributed by atoms with E-state index in [4.69, 9.17) is 0 Å². The number of rotatable bonds is 2. The summed E-state index contributed by atoms with van der Waals surface area (Å²) in [5.74, 6) is -0.111. The first kappa shape index (κ1) is 12.0. The summed E-state index contributed by atoms with van der Waals surface area (Å²) in [6, 6.07) is 0.278. The van der Waals surface area contributed by atoms with Crippen molar-refractivity contribution in [2.45, 2.75) is 46.1 Å². The summed E-state index contributed by atoms with van der Waals surface area (Å²) >= 11 is 0. The lowest BCUT2D eigenvalue weighted by molar-refractivity contribution is 0.0930. The molecule has 0 spiro atoms. The number of amides is 1. The average molecular weight is 233 g/mol. The molecule has 1 aromatic heterocycles. The standard InChI is InChI=1S/C13H19N3O/c1-9-7-15-11(8-14-9)12(17)16-10-4-5-13(2,3)6-10/h7-8,10H,4-6H2,1-3H3,(H,16,17). The maximum atomic E-state index is 11.9. The lowest BCUT2D eigenvalue weighted by Crippen LogP contribution is -2.34. The van der Waals surface area contributed by atoms with Crippen LogP contribution in [-0.2, 0) is 0 Å². The minimum absolute atomic E-state index is 0.111. The minimum atomic E-state index is -0.111.